The predicted molar refractivity (Wildman–Crippen MR) is 71.1 cm³/mol. The maximum absolute atomic E-state index is 13.2. The van der Waals surface area contributed by atoms with E-state index in [1.165, 1.54) is 23.0 Å². The predicted octanol–water partition coefficient (Wildman–Crippen LogP) is 2.43. The Hall–Kier alpha value is -1.40. The zero-order chi connectivity index (χ0) is 13.3. The topological polar surface area (TPSA) is 60.9 Å². The van der Waals surface area contributed by atoms with Crippen LogP contribution in [0.5, 0.6) is 0 Å². The quantitative estimate of drug-likeness (QED) is 0.859. The highest BCUT2D eigenvalue weighted by Gasteiger charge is 2.07. The van der Waals surface area contributed by atoms with Crippen molar-refractivity contribution < 1.29 is 4.39 Å². The molecule has 0 aliphatic heterocycles. The molecule has 1 aromatic heterocycles. The first-order valence-electron chi connectivity index (χ1n) is 4.93. The second-order valence-electron chi connectivity index (χ2n) is 3.66. The summed E-state index contributed by atoms with van der Waals surface area (Å²) in [6.45, 7) is 0.170. The molecule has 18 heavy (non-hydrogen) atoms. The Morgan fingerprint density at radius 1 is 1.44 bits per heavy atom. The third kappa shape index (κ3) is 2.70. The monoisotopic (exact) mass is 331 g/mol. The maximum Gasteiger partial charge on any atom is 0.278 e. The lowest BCUT2D eigenvalue weighted by Crippen LogP contribution is -2.24. The van der Waals surface area contributed by atoms with Crippen molar-refractivity contribution in [3.8, 4) is 0 Å². The summed E-state index contributed by atoms with van der Waals surface area (Å²) in [4.78, 5) is 15.6. The van der Waals surface area contributed by atoms with Gasteiger partial charge in [-0.3, -0.25) is 9.36 Å². The molecule has 2 rings (SSSR count). The fourth-order valence-corrected chi connectivity index (χ4v) is 2.13. The maximum atomic E-state index is 13.2. The summed E-state index contributed by atoms with van der Waals surface area (Å²) < 4.78 is 15.1. The molecule has 0 amide bonds. The van der Waals surface area contributed by atoms with Gasteiger partial charge >= 0.3 is 0 Å². The van der Waals surface area contributed by atoms with Gasteiger partial charge in [-0.25, -0.2) is 9.37 Å². The standard InChI is InChI=1S/C11H8BrClFN3O/c12-7-1-6(2-8(14)3-7)4-17-5-16-10(13)9(15)11(17)18/h1-3,5H,4,15H2. The minimum Gasteiger partial charge on any atom is -0.392 e. The van der Waals surface area contributed by atoms with Gasteiger partial charge < -0.3 is 5.73 Å². The Morgan fingerprint density at radius 3 is 2.83 bits per heavy atom. The highest BCUT2D eigenvalue weighted by molar-refractivity contribution is 9.10. The average Bonchev–Trinajstić information content (AvgIpc) is 2.29. The van der Waals surface area contributed by atoms with Gasteiger partial charge in [-0.2, -0.15) is 0 Å². The van der Waals surface area contributed by atoms with E-state index in [0.29, 0.717) is 10.0 Å². The molecule has 2 aromatic rings. The molecule has 1 aromatic carbocycles. The van der Waals surface area contributed by atoms with Crippen molar-refractivity contribution >= 4 is 33.2 Å². The van der Waals surface area contributed by atoms with Crippen LogP contribution in [0, 0.1) is 5.82 Å². The van der Waals surface area contributed by atoms with Crippen molar-refractivity contribution in [2.45, 2.75) is 6.54 Å². The Balaban J connectivity index is 2.40. The van der Waals surface area contributed by atoms with Gasteiger partial charge in [-0.05, 0) is 23.8 Å². The van der Waals surface area contributed by atoms with E-state index in [0.717, 1.165) is 0 Å². The van der Waals surface area contributed by atoms with Gasteiger partial charge in [0.2, 0.25) is 0 Å². The number of aromatic nitrogens is 2. The lowest BCUT2D eigenvalue weighted by atomic mass is 10.2. The van der Waals surface area contributed by atoms with Crippen molar-refractivity contribution in [2.24, 2.45) is 0 Å². The minimum atomic E-state index is -0.449. The number of rotatable bonds is 2. The molecule has 0 unspecified atom stereocenters. The summed E-state index contributed by atoms with van der Waals surface area (Å²) in [7, 11) is 0. The van der Waals surface area contributed by atoms with Crippen molar-refractivity contribution in [2.75, 3.05) is 5.73 Å². The molecular formula is C11H8BrClFN3O. The largest absolute Gasteiger partial charge is 0.392 e. The third-order valence-electron chi connectivity index (χ3n) is 2.30. The van der Waals surface area contributed by atoms with Crippen LogP contribution < -0.4 is 11.3 Å². The number of benzene rings is 1. The molecule has 0 spiro atoms. The molecule has 0 saturated carbocycles. The molecule has 0 atom stereocenters. The Bertz CT molecular complexity index is 639. The van der Waals surface area contributed by atoms with Crippen LogP contribution in [0.25, 0.3) is 0 Å². The van der Waals surface area contributed by atoms with E-state index < -0.39 is 5.56 Å². The fraction of sp³-hybridized carbons (Fsp3) is 0.0909. The van der Waals surface area contributed by atoms with Crippen LogP contribution in [-0.2, 0) is 6.54 Å². The minimum absolute atomic E-state index is 0.0309. The van der Waals surface area contributed by atoms with E-state index in [1.54, 1.807) is 6.07 Å². The van der Waals surface area contributed by atoms with E-state index >= 15 is 0 Å². The van der Waals surface area contributed by atoms with Gasteiger partial charge in [0.05, 0.1) is 12.9 Å². The summed E-state index contributed by atoms with van der Waals surface area (Å²) in [5.74, 6) is -0.387. The smallest absolute Gasteiger partial charge is 0.278 e. The number of nitrogens with two attached hydrogens (primary N) is 1. The molecular weight excluding hydrogens is 324 g/mol. The average molecular weight is 333 g/mol. The molecule has 0 saturated heterocycles. The van der Waals surface area contributed by atoms with E-state index in [-0.39, 0.29) is 23.2 Å². The van der Waals surface area contributed by atoms with Crippen LogP contribution in [0.3, 0.4) is 0 Å². The molecule has 94 valence electrons. The van der Waals surface area contributed by atoms with Gasteiger partial charge in [-0.1, -0.05) is 27.5 Å². The summed E-state index contributed by atoms with van der Waals surface area (Å²) in [5.41, 5.74) is 5.54. The molecule has 0 fully saturated rings. The molecule has 7 heteroatoms. The van der Waals surface area contributed by atoms with E-state index in [1.807, 2.05) is 0 Å². The number of anilines is 1. The summed E-state index contributed by atoms with van der Waals surface area (Å²) >= 11 is 8.80. The highest BCUT2D eigenvalue weighted by atomic mass is 79.9. The number of nitrogen functional groups attached to an aromatic ring is 1. The number of nitrogens with zero attached hydrogens (tertiary/aromatic N) is 2. The Morgan fingerprint density at radius 2 is 2.17 bits per heavy atom. The molecule has 4 nitrogen and oxygen atoms in total. The van der Waals surface area contributed by atoms with Crippen LogP contribution >= 0.6 is 27.5 Å². The molecule has 0 radical (unpaired) electrons. The molecule has 1 heterocycles. The Labute approximate surface area is 115 Å². The number of halogens is 3. The number of hydrogen-bond acceptors (Lipinski definition) is 3. The molecule has 0 aliphatic carbocycles. The van der Waals surface area contributed by atoms with E-state index in [4.69, 9.17) is 17.3 Å². The Kier molecular flexibility index (Phi) is 3.68. The zero-order valence-corrected chi connectivity index (χ0v) is 11.4. The first kappa shape index (κ1) is 13.0. The van der Waals surface area contributed by atoms with Crippen LogP contribution in [0.2, 0.25) is 5.15 Å². The van der Waals surface area contributed by atoms with Gasteiger partial charge in [0.15, 0.2) is 5.15 Å². The highest BCUT2D eigenvalue weighted by Crippen LogP contribution is 2.16. The third-order valence-corrected chi connectivity index (χ3v) is 3.06. The van der Waals surface area contributed by atoms with Gasteiger partial charge in [0.1, 0.15) is 11.5 Å². The molecule has 0 bridgehead atoms. The second-order valence-corrected chi connectivity index (χ2v) is 4.93. The van der Waals surface area contributed by atoms with Gasteiger partial charge in [0, 0.05) is 4.47 Å². The molecule has 0 aliphatic rings. The van der Waals surface area contributed by atoms with Gasteiger partial charge in [0.25, 0.3) is 5.56 Å². The van der Waals surface area contributed by atoms with Crippen LogP contribution in [0.4, 0.5) is 10.1 Å². The first-order chi connectivity index (χ1) is 8.47. The van der Waals surface area contributed by atoms with Crippen molar-refractivity contribution in [3.05, 3.63) is 55.9 Å². The fourth-order valence-electron chi connectivity index (χ4n) is 1.50. The zero-order valence-electron chi connectivity index (χ0n) is 9.03. The van der Waals surface area contributed by atoms with Crippen molar-refractivity contribution in [1.29, 1.82) is 0 Å². The normalized spacial score (nSPS) is 10.6. The van der Waals surface area contributed by atoms with Crippen LogP contribution in [0.15, 0.2) is 33.8 Å². The lowest BCUT2D eigenvalue weighted by molar-refractivity contribution is 0.621. The first-order valence-corrected chi connectivity index (χ1v) is 6.10. The van der Waals surface area contributed by atoms with Crippen molar-refractivity contribution in [3.63, 3.8) is 0 Å². The molecule has 2 N–H and O–H groups in total. The summed E-state index contributed by atoms with van der Waals surface area (Å²) in [6, 6.07) is 4.38. The van der Waals surface area contributed by atoms with Crippen LogP contribution in [0.1, 0.15) is 5.56 Å². The SMILES string of the molecule is Nc1c(Cl)ncn(Cc2cc(F)cc(Br)c2)c1=O. The van der Waals surface area contributed by atoms with Gasteiger partial charge in [-0.15, -0.1) is 0 Å². The lowest BCUT2D eigenvalue weighted by Gasteiger charge is -2.07. The van der Waals surface area contributed by atoms with E-state index in [9.17, 15) is 9.18 Å². The number of hydrogen-bond donors (Lipinski definition) is 1. The second kappa shape index (κ2) is 5.07. The summed E-state index contributed by atoms with van der Waals surface area (Å²) in [6.07, 6.45) is 1.28. The van der Waals surface area contributed by atoms with Crippen molar-refractivity contribution in [1.82, 2.24) is 9.55 Å². The summed E-state index contributed by atoms with van der Waals surface area (Å²) in [5, 5.41) is -0.0309. The van der Waals surface area contributed by atoms with E-state index in [2.05, 4.69) is 20.9 Å². The van der Waals surface area contributed by atoms with Crippen LogP contribution in [-0.4, -0.2) is 9.55 Å².